The van der Waals surface area contributed by atoms with Gasteiger partial charge in [-0.1, -0.05) is 42.5 Å². The fourth-order valence-corrected chi connectivity index (χ4v) is 4.65. The molecule has 30 heavy (non-hydrogen) atoms. The van der Waals surface area contributed by atoms with E-state index >= 15 is 0 Å². The summed E-state index contributed by atoms with van der Waals surface area (Å²) in [6.07, 6.45) is 0. The summed E-state index contributed by atoms with van der Waals surface area (Å²) in [4.78, 5) is 23.6. The smallest absolute Gasteiger partial charge is 0.250 e. The van der Waals surface area contributed by atoms with Crippen molar-refractivity contribution < 1.29 is 4.79 Å². The molecule has 0 saturated carbocycles. The standard InChI is InChI=1S/C22H20N6OS/c1-28-11-16-17(12-28)25-22(26-21(16)24-10-13-6-3-2-4-7-13)18-14-8-5-9-15(20(23)29)19(14)30-27-18/h2-9H,10-12H2,1H3,(H2,23,29)(H,24,25,26). The highest BCUT2D eigenvalue weighted by atomic mass is 32.1. The van der Waals surface area contributed by atoms with Gasteiger partial charge >= 0.3 is 0 Å². The van der Waals surface area contributed by atoms with Gasteiger partial charge in [-0.3, -0.25) is 9.69 Å². The van der Waals surface area contributed by atoms with Crippen molar-refractivity contribution in [2.24, 2.45) is 5.73 Å². The summed E-state index contributed by atoms with van der Waals surface area (Å²) in [5, 5.41) is 4.33. The number of fused-ring (bicyclic) bond motifs is 2. The van der Waals surface area contributed by atoms with E-state index in [0.717, 1.165) is 40.3 Å². The molecule has 4 aromatic rings. The second-order valence-electron chi connectivity index (χ2n) is 7.41. The van der Waals surface area contributed by atoms with Crippen LogP contribution in [0.4, 0.5) is 5.82 Å². The van der Waals surface area contributed by atoms with Gasteiger partial charge in [-0.15, -0.1) is 0 Å². The van der Waals surface area contributed by atoms with Crippen LogP contribution in [-0.4, -0.2) is 32.2 Å². The number of anilines is 1. The zero-order chi connectivity index (χ0) is 20.7. The van der Waals surface area contributed by atoms with Gasteiger partial charge in [0.25, 0.3) is 0 Å². The molecule has 0 radical (unpaired) electrons. The third-order valence-corrected chi connectivity index (χ3v) is 6.12. The summed E-state index contributed by atoms with van der Waals surface area (Å²) in [7, 11) is 2.07. The Morgan fingerprint density at radius 1 is 1.13 bits per heavy atom. The van der Waals surface area contributed by atoms with Crippen LogP contribution in [0.3, 0.4) is 0 Å². The lowest BCUT2D eigenvalue weighted by atomic mass is 10.1. The van der Waals surface area contributed by atoms with Crippen molar-refractivity contribution in [3.8, 4) is 11.5 Å². The first-order chi connectivity index (χ1) is 14.6. The Bertz CT molecular complexity index is 1250. The van der Waals surface area contributed by atoms with E-state index in [0.29, 0.717) is 23.6 Å². The van der Waals surface area contributed by atoms with Gasteiger partial charge in [0.05, 0.1) is 16.0 Å². The van der Waals surface area contributed by atoms with Gasteiger partial charge in [0.15, 0.2) is 5.82 Å². The molecule has 0 aliphatic carbocycles. The van der Waals surface area contributed by atoms with Crippen LogP contribution in [0.5, 0.6) is 0 Å². The molecule has 2 aromatic carbocycles. The zero-order valence-electron chi connectivity index (χ0n) is 16.4. The van der Waals surface area contributed by atoms with Crippen molar-refractivity contribution in [3.63, 3.8) is 0 Å². The Morgan fingerprint density at radius 3 is 2.77 bits per heavy atom. The summed E-state index contributed by atoms with van der Waals surface area (Å²) in [5.74, 6) is 0.931. The first-order valence-corrected chi connectivity index (χ1v) is 10.4. The van der Waals surface area contributed by atoms with Crippen molar-refractivity contribution in [1.29, 1.82) is 0 Å². The normalized spacial score (nSPS) is 13.5. The Hall–Kier alpha value is -3.36. The minimum Gasteiger partial charge on any atom is -0.366 e. The molecule has 0 saturated heterocycles. The average molecular weight is 417 g/mol. The van der Waals surface area contributed by atoms with Crippen LogP contribution >= 0.6 is 11.5 Å². The summed E-state index contributed by atoms with van der Waals surface area (Å²) < 4.78 is 5.34. The molecule has 0 atom stereocenters. The van der Waals surface area contributed by atoms with Gasteiger partial charge in [-0.25, -0.2) is 9.97 Å². The monoisotopic (exact) mass is 416 g/mol. The highest BCUT2D eigenvalue weighted by Gasteiger charge is 2.25. The third-order valence-electron chi connectivity index (χ3n) is 5.22. The first kappa shape index (κ1) is 18.7. The Kier molecular flexibility index (Phi) is 4.65. The molecule has 3 heterocycles. The van der Waals surface area contributed by atoms with E-state index < -0.39 is 5.91 Å². The highest BCUT2D eigenvalue weighted by Crippen LogP contribution is 2.34. The molecule has 0 spiro atoms. The number of primary amides is 1. The van der Waals surface area contributed by atoms with E-state index in [1.807, 2.05) is 30.3 Å². The Balaban J connectivity index is 1.58. The van der Waals surface area contributed by atoms with Crippen molar-refractivity contribution in [2.75, 3.05) is 12.4 Å². The van der Waals surface area contributed by atoms with Crippen molar-refractivity contribution in [2.45, 2.75) is 19.6 Å². The molecule has 1 aliphatic rings. The molecule has 0 fully saturated rings. The predicted octanol–water partition coefficient (Wildman–Crippen LogP) is 3.41. The van der Waals surface area contributed by atoms with Gasteiger partial charge < -0.3 is 11.1 Å². The van der Waals surface area contributed by atoms with Gasteiger partial charge in [0.1, 0.15) is 11.5 Å². The second kappa shape index (κ2) is 7.47. The maximum atomic E-state index is 11.8. The van der Waals surface area contributed by atoms with Gasteiger partial charge in [0, 0.05) is 30.6 Å². The fourth-order valence-electron chi connectivity index (χ4n) is 3.76. The lowest BCUT2D eigenvalue weighted by Crippen LogP contribution is -2.10. The zero-order valence-corrected chi connectivity index (χ0v) is 17.2. The molecule has 1 amide bonds. The molecule has 7 nitrogen and oxygen atoms in total. The van der Waals surface area contributed by atoms with Crippen molar-refractivity contribution >= 4 is 33.3 Å². The number of aromatic nitrogens is 3. The topological polar surface area (TPSA) is 97.0 Å². The van der Waals surface area contributed by atoms with Crippen LogP contribution in [0.25, 0.3) is 21.6 Å². The largest absolute Gasteiger partial charge is 0.366 e. The predicted molar refractivity (Wildman–Crippen MR) is 118 cm³/mol. The average Bonchev–Trinajstić information content (AvgIpc) is 3.35. The quantitative estimate of drug-likeness (QED) is 0.517. The highest BCUT2D eigenvalue weighted by molar-refractivity contribution is 7.14. The van der Waals surface area contributed by atoms with E-state index in [1.165, 1.54) is 17.1 Å². The molecule has 2 aromatic heterocycles. The number of carbonyl (C=O) groups excluding carboxylic acids is 1. The van der Waals surface area contributed by atoms with Gasteiger partial charge in [-0.2, -0.15) is 4.37 Å². The van der Waals surface area contributed by atoms with Crippen LogP contribution in [-0.2, 0) is 19.6 Å². The molecular weight excluding hydrogens is 396 g/mol. The van der Waals surface area contributed by atoms with Crippen LogP contribution in [0.1, 0.15) is 27.2 Å². The van der Waals surface area contributed by atoms with E-state index in [4.69, 9.17) is 15.7 Å². The van der Waals surface area contributed by atoms with E-state index in [-0.39, 0.29) is 0 Å². The maximum absolute atomic E-state index is 11.8. The minimum absolute atomic E-state index is 0.461. The lowest BCUT2D eigenvalue weighted by Gasteiger charge is -2.11. The number of nitrogens with one attached hydrogen (secondary N) is 1. The first-order valence-electron chi connectivity index (χ1n) is 9.65. The molecule has 150 valence electrons. The molecule has 8 heteroatoms. The minimum atomic E-state index is -0.461. The SMILES string of the molecule is CN1Cc2nc(-c3nsc4c(C(N)=O)cccc34)nc(NCc3ccccc3)c2C1. The summed E-state index contributed by atoms with van der Waals surface area (Å²) in [6, 6.07) is 15.7. The van der Waals surface area contributed by atoms with E-state index in [9.17, 15) is 4.79 Å². The van der Waals surface area contributed by atoms with Crippen LogP contribution in [0, 0.1) is 0 Å². The van der Waals surface area contributed by atoms with Gasteiger partial charge in [-0.05, 0) is 30.2 Å². The Labute approximate surface area is 177 Å². The lowest BCUT2D eigenvalue weighted by molar-refractivity contribution is 0.100. The number of nitrogens with two attached hydrogens (primary N) is 1. The molecular formula is C22H20N6OS. The summed E-state index contributed by atoms with van der Waals surface area (Å²) >= 11 is 1.25. The third kappa shape index (κ3) is 3.30. The number of carbonyl (C=O) groups is 1. The number of nitrogens with zero attached hydrogens (tertiary/aromatic N) is 4. The summed E-state index contributed by atoms with van der Waals surface area (Å²) in [5.41, 5.74) is 9.99. The molecule has 1 aliphatic heterocycles. The number of hydrogen-bond acceptors (Lipinski definition) is 7. The van der Waals surface area contributed by atoms with E-state index in [1.54, 1.807) is 6.07 Å². The Morgan fingerprint density at radius 2 is 1.97 bits per heavy atom. The number of rotatable bonds is 5. The van der Waals surface area contributed by atoms with E-state index in [2.05, 4.69) is 33.8 Å². The molecule has 0 unspecified atom stereocenters. The number of hydrogen-bond donors (Lipinski definition) is 2. The van der Waals surface area contributed by atoms with Crippen molar-refractivity contribution in [1.82, 2.24) is 19.2 Å². The fraction of sp³-hybridized carbons (Fsp3) is 0.182. The van der Waals surface area contributed by atoms with Crippen molar-refractivity contribution in [3.05, 3.63) is 70.9 Å². The molecule has 0 bridgehead atoms. The van der Waals surface area contributed by atoms with Crippen LogP contribution in [0.2, 0.25) is 0 Å². The number of benzene rings is 2. The van der Waals surface area contributed by atoms with Crippen LogP contribution < -0.4 is 11.1 Å². The second-order valence-corrected chi connectivity index (χ2v) is 8.18. The summed E-state index contributed by atoms with van der Waals surface area (Å²) in [6.45, 7) is 2.24. The van der Waals surface area contributed by atoms with Crippen LogP contribution in [0.15, 0.2) is 48.5 Å². The molecule has 3 N–H and O–H groups in total. The number of amides is 1. The van der Waals surface area contributed by atoms with Gasteiger partial charge in [0.2, 0.25) is 5.91 Å². The molecule has 5 rings (SSSR count). The maximum Gasteiger partial charge on any atom is 0.250 e.